The number of Topliss-reactive ketones (excluding diaryl/α,β-unsaturated/α-hetero) is 1. The summed E-state index contributed by atoms with van der Waals surface area (Å²) >= 11 is 1.59. The molecule has 1 aliphatic rings. The van der Waals surface area contributed by atoms with E-state index in [1.54, 1.807) is 17.4 Å². The van der Waals surface area contributed by atoms with Gasteiger partial charge in [-0.25, -0.2) is 8.63 Å². The van der Waals surface area contributed by atoms with E-state index in [1.165, 1.54) is 6.92 Å². The fourth-order valence-electron chi connectivity index (χ4n) is 3.09. The molecule has 0 unspecified atom stereocenters. The third-order valence-electron chi connectivity index (χ3n) is 4.17. The lowest BCUT2D eigenvalue weighted by atomic mass is 9.79. The highest BCUT2D eigenvalue weighted by atomic mass is 32.1. The second-order valence-corrected chi connectivity index (χ2v) is 6.93. The number of allylic oxidation sites excluding steroid dienone is 4. The number of benzene rings is 1. The molecule has 26 heavy (non-hydrogen) atoms. The summed E-state index contributed by atoms with van der Waals surface area (Å²) in [6.45, 7) is 1.39. The van der Waals surface area contributed by atoms with E-state index in [0.717, 1.165) is 16.0 Å². The largest absolute Gasteiger partial charge is 0.796 e. The predicted molar refractivity (Wildman–Crippen MR) is 102 cm³/mol. The molecule has 3 rings (SSSR count). The summed E-state index contributed by atoms with van der Waals surface area (Å²) in [5.41, 5.74) is 2.04. The molecule has 0 bridgehead atoms. The second-order valence-electron chi connectivity index (χ2n) is 5.95. The predicted octanol–water partition coefficient (Wildman–Crippen LogP) is 5.66. The van der Waals surface area contributed by atoms with E-state index in [2.05, 4.69) is 0 Å². The number of hydrogen-bond donors (Lipinski definition) is 0. The Morgan fingerprint density at radius 3 is 2.58 bits per heavy atom. The van der Waals surface area contributed by atoms with Gasteiger partial charge >= 0.3 is 7.47 Å². The minimum atomic E-state index is -2.98. The number of ketones is 1. The van der Waals surface area contributed by atoms with Crippen LogP contribution in [0, 0.1) is 0 Å². The van der Waals surface area contributed by atoms with Crippen LogP contribution in [-0.4, -0.2) is 13.3 Å². The Hall–Kier alpha value is -2.47. The molecule has 0 aliphatic heterocycles. The topological polar surface area (TPSA) is 26.3 Å². The van der Waals surface area contributed by atoms with Crippen molar-refractivity contribution in [1.29, 1.82) is 0 Å². The van der Waals surface area contributed by atoms with E-state index in [-0.39, 0.29) is 17.5 Å². The van der Waals surface area contributed by atoms with Gasteiger partial charge in [0.1, 0.15) is 5.76 Å². The van der Waals surface area contributed by atoms with Gasteiger partial charge in [0.2, 0.25) is 0 Å². The molecular weight excluding hydrogens is 353 g/mol. The lowest BCUT2D eigenvalue weighted by Gasteiger charge is -2.26. The molecule has 0 radical (unpaired) electrons. The quantitative estimate of drug-likeness (QED) is 0.614. The molecule has 0 amide bonds. The van der Waals surface area contributed by atoms with Gasteiger partial charge in [-0.3, -0.25) is 4.79 Å². The number of carbonyl (C=O) groups excluding carboxylic acids is 1. The SMILES string of the molecule is CC(=O)C1=C(OB(F)F)C=C(/C=C\c2cccs2)C[C@@H]1c1ccccc1. The van der Waals surface area contributed by atoms with Crippen LogP contribution in [0.3, 0.4) is 0 Å². The molecule has 1 heterocycles. The van der Waals surface area contributed by atoms with E-state index in [0.29, 0.717) is 12.0 Å². The van der Waals surface area contributed by atoms with Crippen molar-refractivity contribution >= 4 is 30.7 Å². The van der Waals surface area contributed by atoms with E-state index < -0.39 is 7.47 Å². The lowest BCUT2D eigenvalue weighted by molar-refractivity contribution is -0.114. The zero-order valence-electron chi connectivity index (χ0n) is 14.2. The van der Waals surface area contributed by atoms with E-state index >= 15 is 0 Å². The minimum absolute atomic E-state index is 0.0431. The fourth-order valence-corrected chi connectivity index (χ4v) is 3.71. The maximum atomic E-state index is 12.9. The van der Waals surface area contributed by atoms with Crippen LogP contribution in [0.5, 0.6) is 0 Å². The van der Waals surface area contributed by atoms with Crippen molar-refractivity contribution in [3.05, 3.63) is 87.3 Å². The van der Waals surface area contributed by atoms with E-state index in [9.17, 15) is 13.4 Å². The molecule has 1 aromatic heterocycles. The first-order chi connectivity index (χ1) is 12.5. The van der Waals surface area contributed by atoms with Gasteiger partial charge in [0.15, 0.2) is 5.78 Å². The molecule has 1 aromatic carbocycles. The van der Waals surface area contributed by atoms with Crippen LogP contribution in [0.15, 0.2) is 76.9 Å². The average Bonchev–Trinajstić information content (AvgIpc) is 3.13. The Labute approximate surface area is 155 Å². The standard InChI is InChI=1S/C20H17BF2O2S/c1-14(24)20-18(16-6-3-2-4-7-16)12-15(13-19(20)25-21(22)23)9-10-17-8-5-11-26-17/h2-11,13,18H,12H2,1H3/b10-9-/t18-/m1/s1. The molecule has 1 aliphatic carbocycles. The molecule has 2 nitrogen and oxygen atoms in total. The lowest BCUT2D eigenvalue weighted by Crippen LogP contribution is -2.19. The van der Waals surface area contributed by atoms with Crippen molar-refractivity contribution < 1.29 is 18.1 Å². The van der Waals surface area contributed by atoms with Crippen molar-refractivity contribution in [2.45, 2.75) is 19.3 Å². The highest BCUT2D eigenvalue weighted by Crippen LogP contribution is 2.39. The van der Waals surface area contributed by atoms with Crippen LogP contribution in [0.1, 0.15) is 29.7 Å². The molecule has 2 aromatic rings. The van der Waals surface area contributed by atoms with Gasteiger partial charge in [-0.15, -0.1) is 11.3 Å². The zero-order valence-corrected chi connectivity index (χ0v) is 15.0. The van der Waals surface area contributed by atoms with Crippen LogP contribution in [0.2, 0.25) is 0 Å². The molecule has 1 atom stereocenters. The molecule has 132 valence electrons. The van der Waals surface area contributed by atoms with Crippen LogP contribution in [0.4, 0.5) is 8.63 Å². The van der Waals surface area contributed by atoms with Crippen molar-refractivity contribution in [2.24, 2.45) is 0 Å². The molecule has 0 N–H and O–H groups in total. The third kappa shape index (κ3) is 4.38. The Balaban J connectivity index is 2.03. The smallest absolute Gasteiger partial charge is 0.505 e. The highest BCUT2D eigenvalue weighted by Gasteiger charge is 2.31. The van der Waals surface area contributed by atoms with Crippen molar-refractivity contribution in [2.75, 3.05) is 0 Å². The van der Waals surface area contributed by atoms with E-state index in [4.69, 9.17) is 4.65 Å². The number of rotatable bonds is 6. The molecular formula is C20H17BF2O2S. The number of hydrogen-bond acceptors (Lipinski definition) is 3. The highest BCUT2D eigenvalue weighted by molar-refractivity contribution is 7.10. The molecule has 0 spiro atoms. The van der Waals surface area contributed by atoms with Crippen molar-refractivity contribution in [3.63, 3.8) is 0 Å². The molecule has 0 saturated heterocycles. The molecule has 0 saturated carbocycles. The summed E-state index contributed by atoms with van der Waals surface area (Å²) in [6, 6.07) is 13.4. The van der Waals surface area contributed by atoms with Gasteiger partial charge in [-0.1, -0.05) is 42.5 Å². The summed E-state index contributed by atoms with van der Waals surface area (Å²) in [5.74, 6) is -0.610. The second kappa shape index (κ2) is 8.28. The normalized spacial score (nSPS) is 17.3. The zero-order chi connectivity index (χ0) is 18.5. The van der Waals surface area contributed by atoms with Gasteiger partial charge in [0.25, 0.3) is 0 Å². The van der Waals surface area contributed by atoms with Gasteiger partial charge in [-0.05, 0) is 48.1 Å². The van der Waals surface area contributed by atoms with Crippen molar-refractivity contribution in [3.8, 4) is 0 Å². The number of halogens is 2. The van der Waals surface area contributed by atoms with Crippen LogP contribution in [-0.2, 0) is 9.45 Å². The maximum absolute atomic E-state index is 12.9. The summed E-state index contributed by atoms with van der Waals surface area (Å²) < 4.78 is 30.5. The Kier molecular flexibility index (Phi) is 5.83. The fraction of sp³-hybridized carbons (Fsp3) is 0.150. The summed E-state index contributed by atoms with van der Waals surface area (Å²) in [7, 11) is -2.98. The van der Waals surface area contributed by atoms with Crippen LogP contribution >= 0.6 is 11.3 Å². The van der Waals surface area contributed by atoms with Gasteiger partial charge in [0.05, 0.1) is 0 Å². The minimum Gasteiger partial charge on any atom is -0.505 e. The maximum Gasteiger partial charge on any atom is 0.796 e. The average molecular weight is 370 g/mol. The van der Waals surface area contributed by atoms with Gasteiger partial charge < -0.3 is 4.65 Å². The molecule has 6 heteroatoms. The monoisotopic (exact) mass is 370 g/mol. The first kappa shape index (κ1) is 18.3. The van der Waals surface area contributed by atoms with E-state index in [1.807, 2.05) is 60.0 Å². The van der Waals surface area contributed by atoms with Crippen LogP contribution < -0.4 is 0 Å². The number of thiophene rings is 1. The first-order valence-electron chi connectivity index (χ1n) is 8.21. The Morgan fingerprint density at radius 2 is 1.96 bits per heavy atom. The van der Waals surface area contributed by atoms with Gasteiger partial charge in [0, 0.05) is 16.4 Å². The van der Waals surface area contributed by atoms with Crippen LogP contribution in [0.25, 0.3) is 6.08 Å². The Morgan fingerprint density at radius 1 is 1.19 bits per heavy atom. The Bertz CT molecular complexity index is 855. The molecule has 0 fully saturated rings. The summed E-state index contributed by atoms with van der Waals surface area (Å²) in [4.78, 5) is 13.3. The van der Waals surface area contributed by atoms with Gasteiger partial charge in [-0.2, -0.15) is 0 Å². The third-order valence-corrected chi connectivity index (χ3v) is 5.01. The van der Waals surface area contributed by atoms with Crippen molar-refractivity contribution in [1.82, 2.24) is 0 Å². The number of carbonyl (C=O) groups is 1. The summed E-state index contributed by atoms with van der Waals surface area (Å²) in [6.07, 6.45) is 5.94. The summed E-state index contributed by atoms with van der Waals surface area (Å²) in [5, 5.41) is 1.97. The first-order valence-corrected chi connectivity index (χ1v) is 9.09.